The van der Waals surface area contributed by atoms with Crippen molar-refractivity contribution in [2.45, 2.75) is 73.6 Å². The van der Waals surface area contributed by atoms with E-state index < -0.39 is 63.1 Å². The molecule has 3 saturated carbocycles. The molecule has 3 fully saturated rings. The van der Waals surface area contributed by atoms with Crippen LogP contribution < -0.4 is 14.3 Å². The smallest absolute Gasteiger partial charge is 0.258 e. The van der Waals surface area contributed by atoms with Gasteiger partial charge >= 0.3 is 0 Å². The lowest BCUT2D eigenvalue weighted by molar-refractivity contribution is -0.0876. The molecule has 2 aromatic rings. The number of aliphatic hydroxyl groups is 1. The van der Waals surface area contributed by atoms with Gasteiger partial charge in [0.15, 0.2) is 0 Å². The van der Waals surface area contributed by atoms with Crippen LogP contribution in [0.2, 0.25) is 0 Å². The number of aliphatic hydroxyl groups excluding tert-OH is 1. The third-order valence-corrected chi connectivity index (χ3v) is 12.0. The normalized spacial score (nSPS) is 22.4. The fourth-order valence-corrected chi connectivity index (χ4v) is 8.72. The summed E-state index contributed by atoms with van der Waals surface area (Å²) in [4.78, 5) is 15.4. The van der Waals surface area contributed by atoms with E-state index >= 15 is 0 Å². The zero-order valence-corrected chi connectivity index (χ0v) is 24.0. The van der Waals surface area contributed by atoms with Crippen LogP contribution in [0.15, 0.2) is 47.4 Å². The third kappa shape index (κ3) is 5.49. The van der Waals surface area contributed by atoms with E-state index in [4.69, 9.17) is 5.11 Å². The quantitative estimate of drug-likeness (QED) is 0.418. The molecule has 0 aromatic heterocycles. The number of fused-ring (bicyclic) bond motifs is 2. The Balaban J connectivity index is 1.29. The van der Waals surface area contributed by atoms with Gasteiger partial charge in [0.25, 0.3) is 11.8 Å². The minimum Gasteiger partial charge on any atom is -0.395 e. The highest BCUT2D eigenvalue weighted by atomic mass is 32.2. The number of rotatable bonds is 8. The average molecular weight is 610 g/mol. The molecule has 1 heterocycles. The number of nitrogens with zero attached hydrogens (tertiary/aromatic N) is 1. The number of nitrogens with one attached hydrogen (secondary N) is 2. The number of carbonyl (C=O) groups is 1. The van der Waals surface area contributed by atoms with Gasteiger partial charge in [-0.2, -0.15) is 0 Å². The molecule has 0 unspecified atom stereocenters. The Hall–Kier alpha value is -2.61. The fourth-order valence-electron chi connectivity index (χ4n) is 6.61. The molecule has 13 heteroatoms. The topological polar surface area (TPSA) is 133 Å². The van der Waals surface area contributed by atoms with Crippen LogP contribution in [0.1, 0.15) is 67.3 Å². The van der Waals surface area contributed by atoms with Gasteiger partial charge in [-0.05, 0) is 85.9 Å². The van der Waals surface area contributed by atoms with E-state index in [2.05, 4.69) is 9.44 Å². The Morgan fingerprint density at radius 3 is 2.29 bits per heavy atom. The van der Waals surface area contributed by atoms with Crippen molar-refractivity contribution in [1.82, 2.24) is 4.72 Å². The van der Waals surface area contributed by atoms with Crippen LogP contribution in [-0.2, 0) is 25.5 Å². The first-order valence-electron chi connectivity index (χ1n) is 13.8. The van der Waals surface area contributed by atoms with E-state index in [9.17, 15) is 30.4 Å². The molecule has 3 N–H and O–H groups in total. The molecule has 41 heavy (non-hydrogen) atoms. The largest absolute Gasteiger partial charge is 0.395 e. The van der Waals surface area contributed by atoms with Gasteiger partial charge in [-0.3, -0.25) is 9.52 Å². The number of carbonyl (C=O) groups excluding carboxylic acids is 1. The lowest BCUT2D eigenvalue weighted by atomic mass is 9.66. The van der Waals surface area contributed by atoms with Crippen molar-refractivity contribution < 1.29 is 35.5 Å². The van der Waals surface area contributed by atoms with Gasteiger partial charge in [0.1, 0.15) is 0 Å². The predicted molar refractivity (Wildman–Crippen MR) is 149 cm³/mol. The molecule has 222 valence electrons. The lowest BCUT2D eigenvalue weighted by Gasteiger charge is -2.38. The Bertz CT molecular complexity index is 1590. The van der Waals surface area contributed by atoms with Crippen LogP contribution in [0.3, 0.4) is 0 Å². The van der Waals surface area contributed by atoms with Gasteiger partial charge in [-0.15, -0.1) is 0 Å². The summed E-state index contributed by atoms with van der Waals surface area (Å²) in [6.07, 6.45) is 5.03. The maximum absolute atomic E-state index is 13.9. The molecule has 6 rings (SSSR count). The van der Waals surface area contributed by atoms with Crippen LogP contribution in [-0.4, -0.2) is 58.7 Å². The highest BCUT2D eigenvalue weighted by molar-refractivity contribution is 7.92. The Morgan fingerprint density at radius 2 is 1.66 bits per heavy atom. The molecule has 0 radical (unpaired) electrons. The molecule has 4 aliphatic rings. The molecule has 2 aromatic carbocycles. The predicted octanol–water partition coefficient (Wildman–Crippen LogP) is 3.75. The molecular formula is C28H33F2N3O6S2. The maximum atomic E-state index is 13.9. The maximum Gasteiger partial charge on any atom is 0.258 e. The van der Waals surface area contributed by atoms with Crippen molar-refractivity contribution in [2.24, 2.45) is 5.41 Å². The zero-order valence-electron chi connectivity index (χ0n) is 22.4. The summed E-state index contributed by atoms with van der Waals surface area (Å²) in [5, 5.41) is 9.11. The van der Waals surface area contributed by atoms with Crippen LogP contribution >= 0.6 is 0 Å². The van der Waals surface area contributed by atoms with Gasteiger partial charge in [0, 0.05) is 47.8 Å². The average Bonchev–Trinajstić information content (AvgIpc) is 3.59. The molecule has 0 atom stereocenters. The van der Waals surface area contributed by atoms with Crippen molar-refractivity contribution in [3.05, 3.63) is 53.6 Å². The molecule has 9 nitrogen and oxygen atoms in total. The van der Waals surface area contributed by atoms with Gasteiger partial charge in [0.05, 0.1) is 17.3 Å². The van der Waals surface area contributed by atoms with Crippen LogP contribution in [0, 0.1) is 5.41 Å². The standard InChI is InChI=1S/C28H33F2N3O6S2/c29-28(30)16-21(17-28)32-41(38,39)22-3-1-2-19(14-22)25(35)33-18-27(10-8-26(6-7-26)9-11-27)23-15-20(4-5-24(23)33)31-40(36,37)13-12-34/h1-5,14-15,21,31-32,34H,6-13,16-18H2. The molecular weight excluding hydrogens is 576 g/mol. The van der Waals surface area contributed by atoms with E-state index in [0.717, 1.165) is 31.2 Å². The zero-order chi connectivity index (χ0) is 29.3. The van der Waals surface area contributed by atoms with Crippen LogP contribution in [0.4, 0.5) is 20.2 Å². The van der Waals surface area contributed by atoms with E-state index in [1.165, 1.54) is 37.1 Å². The third-order valence-electron chi connectivity index (χ3n) is 9.23. The highest BCUT2D eigenvalue weighted by Crippen LogP contribution is 2.62. The number of hydrogen-bond acceptors (Lipinski definition) is 6. The number of halogens is 2. The monoisotopic (exact) mass is 609 g/mol. The Labute approximate surface area is 238 Å². The van der Waals surface area contributed by atoms with Gasteiger partial charge < -0.3 is 10.0 Å². The van der Waals surface area contributed by atoms with E-state index in [-0.39, 0.29) is 15.9 Å². The number of anilines is 2. The molecule has 0 saturated heterocycles. The molecule has 0 bridgehead atoms. The fraction of sp³-hybridized carbons (Fsp3) is 0.536. The van der Waals surface area contributed by atoms with Crippen molar-refractivity contribution >= 4 is 37.3 Å². The SMILES string of the molecule is O=C(c1cccc(S(=O)(=O)NC2CC(F)(F)C2)c1)N1CC2(CCC3(CC3)CC2)c2cc(NS(=O)(=O)CCO)ccc21. The number of benzene rings is 2. The summed E-state index contributed by atoms with van der Waals surface area (Å²) in [7, 11) is -7.85. The van der Waals surface area contributed by atoms with Gasteiger partial charge in [-0.25, -0.2) is 30.3 Å². The highest BCUT2D eigenvalue weighted by Gasteiger charge is 2.54. The van der Waals surface area contributed by atoms with Crippen molar-refractivity contribution in [2.75, 3.05) is 28.5 Å². The van der Waals surface area contributed by atoms with Crippen molar-refractivity contribution in [3.63, 3.8) is 0 Å². The molecule has 1 aliphatic heterocycles. The summed E-state index contributed by atoms with van der Waals surface area (Å²) in [5.41, 5.74) is 2.05. The second kappa shape index (κ2) is 9.72. The van der Waals surface area contributed by atoms with Crippen LogP contribution in [0.5, 0.6) is 0 Å². The van der Waals surface area contributed by atoms with Crippen LogP contribution in [0.25, 0.3) is 0 Å². The van der Waals surface area contributed by atoms with E-state index in [0.29, 0.717) is 23.3 Å². The van der Waals surface area contributed by atoms with Gasteiger partial charge in [0.2, 0.25) is 20.0 Å². The summed E-state index contributed by atoms with van der Waals surface area (Å²) in [6, 6.07) is 9.80. The second-order valence-electron chi connectivity index (χ2n) is 12.2. The number of amides is 1. The minimum atomic E-state index is -4.11. The Morgan fingerprint density at radius 1 is 0.976 bits per heavy atom. The van der Waals surface area contributed by atoms with E-state index in [1.54, 1.807) is 23.1 Å². The first-order chi connectivity index (χ1) is 19.2. The van der Waals surface area contributed by atoms with Gasteiger partial charge in [-0.1, -0.05) is 6.07 Å². The van der Waals surface area contributed by atoms with Crippen molar-refractivity contribution in [3.8, 4) is 0 Å². The summed E-state index contributed by atoms with van der Waals surface area (Å²) < 4.78 is 81.7. The second-order valence-corrected chi connectivity index (χ2v) is 15.7. The first-order valence-corrected chi connectivity index (χ1v) is 17.0. The first kappa shape index (κ1) is 28.5. The molecule has 2 spiro atoms. The molecule has 3 aliphatic carbocycles. The summed E-state index contributed by atoms with van der Waals surface area (Å²) in [6.45, 7) is -0.123. The summed E-state index contributed by atoms with van der Waals surface area (Å²) in [5.74, 6) is -3.70. The lowest BCUT2D eigenvalue weighted by Crippen LogP contribution is -2.50. The van der Waals surface area contributed by atoms with E-state index in [1.807, 2.05) is 0 Å². The number of alkyl halides is 2. The summed E-state index contributed by atoms with van der Waals surface area (Å²) >= 11 is 0. The molecule has 1 amide bonds. The number of sulfonamides is 2. The minimum absolute atomic E-state index is 0.150. The Kier molecular flexibility index (Phi) is 6.75. The number of hydrogen-bond donors (Lipinski definition) is 3. The van der Waals surface area contributed by atoms with Crippen molar-refractivity contribution in [1.29, 1.82) is 0 Å².